The SMILES string of the molecule is COC(=O)c1cc(Cl)ccc1NC[C@H](N)c1ccccc1. The monoisotopic (exact) mass is 304 g/mol. The van der Waals surface area contributed by atoms with Crippen molar-refractivity contribution in [2.45, 2.75) is 6.04 Å². The molecule has 0 aliphatic rings. The number of hydrogen-bond acceptors (Lipinski definition) is 4. The van der Waals surface area contributed by atoms with Gasteiger partial charge in [-0.1, -0.05) is 41.9 Å². The molecule has 0 bridgehead atoms. The van der Waals surface area contributed by atoms with Gasteiger partial charge in [0, 0.05) is 23.3 Å². The molecular weight excluding hydrogens is 288 g/mol. The molecule has 0 heterocycles. The van der Waals surface area contributed by atoms with Crippen molar-refractivity contribution < 1.29 is 9.53 Å². The Morgan fingerprint density at radius 1 is 1.29 bits per heavy atom. The Morgan fingerprint density at radius 2 is 2.00 bits per heavy atom. The van der Waals surface area contributed by atoms with Crippen molar-refractivity contribution in [3.05, 3.63) is 64.7 Å². The van der Waals surface area contributed by atoms with Crippen LogP contribution in [-0.4, -0.2) is 19.6 Å². The van der Waals surface area contributed by atoms with Gasteiger partial charge in [0.05, 0.1) is 12.7 Å². The third kappa shape index (κ3) is 3.97. The predicted octanol–water partition coefficient (Wildman–Crippen LogP) is 3.24. The minimum absolute atomic E-state index is 0.174. The third-order valence-electron chi connectivity index (χ3n) is 3.13. The Kier molecular flexibility index (Phi) is 5.20. The third-order valence-corrected chi connectivity index (χ3v) is 3.36. The molecule has 1 atom stereocenters. The summed E-state index contributed by atoms with van der Waals surface area (Å²) >= 11 is 5.92. The fourth-order valence-corrected chi connectivity index (χ4v) is 2.16. The first-order valence-corrected chi connectivity index (χ1v) is 6.92. The van der Waals surface area contributed by atoms with E-state index in [1.807, 2.05) is 30.3 Å². The van der Waals surface area contributed by atoms with Crippen LogP contribution in [0, 0.1) is 0 Å². The minimum Gasteiger partial charge on any atom is -0.465 e. The van der Waals surface area contributed by atoms with Gasteiger partial charge in [0.15, 0.2) is 0 Å². The van der Waals surface area contributed by atoms with Gasteiger partial charge in [0.25, 0.3) is 0 Å². The molecule has 3 N–H and O–H groups in total. The Balaban J connectivity index is 2.11. The molecule has 0 saturated carbocycles. The zero-order valence-corrected chi connectivity index (χ0v) is 12.4. The number of methoxy groups -OCH3 is 1. The largest absolute Gasteiger partial charge is 0.465 e. The van der Waals surface area contributed by atoms with Crippen LogP contribution < -0.4 is 11.1 Å². The lowest BCUT2D eigenvalue weighted by molar-refractivity contribution is 0.0602. The second-order valence-corrected chi connectivity index (χ2v) is 5.02. The van der Waals surface area contributed by atoms with Gasteiger partial charge in [0.1, 0.15) is 0 Å². The van der Waals surface area contributed by atoms with Gasteiger partial charge in [-0.05, 0) is 23.8 Å². The number of carbonyl (C=O) groups is 1. The maximum Gasteiger partial charge on any atom is 0.340 e. The van der Waals surface area contributed by atoms with Crippen LogP contribution in [0.5, 0.6) is 0 Å². The van der Waals surface area contributed by atoms with Crippen LogP contribution in [0.3, 0.4) is 0 Å². The summed E-state index contributed by atoms with van der Waals surface area (Å²) in [5, 5.41) is 3.65. The quantitative estimate of drug-likeness (QED) is 0.832. The van der Waals surface area contributed by atoms with Gasteiger partial charge < -0.3 is 15.8 Å². The van der Waals surface area contributed by atoms with Gasteiger partial charge in [-0.15, -0.1) is 0 Å². The molecule has 0 aliphatic carbocycles. The molecule has 0 unspecified atom stereocenters. The molecule has 4 nitrogen and oxygen atoms in total. The van der Waals surface area contributed by atoms with E-state index in [9.17, 15) is 4.79 Å². The summed E-state index contributed by atoms with van der Waals surface area (Å²) in [7, 11) is 1.34. The van der Waals surface area contributed by atoms with Gasteiger partial charge in [-0.2, -0.15) is 0 Å². The first-order chi connectivity index (χ1) is 10.1. The van der Waals surface area contributed by atoms with Gasteiger partial charge >= 0.3 is 5.97 Å². The van der Waals surface area contributed by atoms with Crippen LogP contribution in [0.25, 0.3) is 0 Å². The van der Waals surface area contributed by atoms with E-state index >= 15 is 0 Å². The maximum absolute atomic E-state index is 11.7. The summed E-state index contributed by atoms with van der Waals surface area (Å²) in [6, 6.07) is 14.6. The molecule has 0 aromatic heterocycles. The van der Waals surface area contributed by atoms with Crippen molar-refractivity contribution in [2.75, 3.05) is 19.0 Å². The highest BCUT2D eigenvalue weighted by Crippen LogP contribution is 2.22. The van der Waals surface area contributed by atoms with Crippen LogP contribution in [-0.2, 0) is 4.74 Å². The number of rotatable bonds is 5. The smallest absolute Gasteiger partial charge is 0.340 e. The lowest BCUT2D eigenvalue weighted by Gasteiger charge is -2.16. The molecule has 0 amide bonds. The molecule has 110 valence electrons. The molecule has 0 radical (unpaired) electrons. The Morgan fingerprint density at radius 3 is 2.67 bits per heavy atom. The summed E-state index contributed by atoms with van der Waals surface area (Å²) in [5.74, 6) is -0.437. The average molecular weight is 305 g/mol. The van der Waals surface area contributed by atoms with E-state index < -0.39 is 5.97 Å². The highest BCUT2D eigenvalue weighted by atomic mass is 35.5. The van der Waals surface area contributed by atoms with Crippen LogP contribution in [0.1, 0.15) is 22.0 Å². The van der Waals surface area contributed by atoms with Crippen molar-refractivity contribution in [2.24, 2.45) is 5.73 Å². The van der Waals surface area contributed by atoms with E-state index in [2.05, 4.69) is 5.32 Å². The lowest BCUT2D eigenvalue weighted by atomic mass is 10.1. The number of esters is 1. The number of hydrogen-bond donors (Lipinski definition) is 2. The molecule has 0 fully saturated rings. The first kappa shape index (κ1) is 15.4. The predicted molar refractivity (Wildman–Crippen MR) is 84.7 cm³/mol. The molecule has 2 aromatic rings. The average Bonchev–Trinajstić information content (AvgIpc) is 2.53. The van der Waals surface area contributed by atoms with Gasteiger partial charge in [-0.25, -0.2) is 4.79 Å². The summed E-state index contributed by atoms with van der Waals surface area (Å²) in [5.41, 5.74) is 8.20. The summed E-state index contributed by atoms with van der Waals surface area (Å²) < 4.78 is 4.75. The van der Waals surface area contributed by atoms with Crippen LogP contribution in [0.4, 0.5) is 5.69 Å². The number of benzene rings is 2. The van der Waals surface area contributed by atoms with Crippen molar-refractivity contribution >= 4 is 23.3 Å². The van der Waals surface area contributed by atoms with E-state index in [0.29, 0.717) is 22.8 Å². The van der Waals surface area contributed by atoms with Crippen LogP contribution >= 0.6 is 11.6 Å². The number of nitrogens with two attached hydrogens (primary N) is 1. The lowest BCUT2D eigenvalue weighted by Crippen LogP contribution is -2.21. The number of ether oxygens (including phenoxy) is 1. The van der Waals surface area contributed by atoms with E-state index in [0.717, 1.165) is 5.56 Å². The van der Waals surface area contributed by atoms with Crippen LogP contribution in [0.15, 0.2) is 48.5 Å². The number of carbonyl (C=O) groups excluding carboxylic acids is 1. The number of nitrogens with one attached hydrogen (secondary N) is 1. The molecule has 2 rings (SSSR count). The minimum atomic E-state index is -0.437. The zero-order chi connectivity index (χ0) is 15.2. The Hall–Kier alpha value is -2.04. The topological polar surface area (TPSA) is 64.3 Å². The Bertz CT molecular complexity index is 617. The molecule has 21 heavy (non-hydrogen) atoms. The molecule has 0 spiro atoms. The highest BCUT2D eigenvalue weighted by molar-refractivity contribution is 6.31. The van der Waals surface area contributed by atoms with Crippen molar-refractivity contribution in [3.8, 4) is 0 Å². The molecule has 0 saturated heterocycles. The first-order valence-electron chi connectivity index (χ1n) is 6.54. The summed E-state index contributed by atoms with van der Waals surface area (Å²) in [6.45, 7) is 0.496. The number of anilines is 1. The second-order valence-electron chi connectivity index (χ2n) is 4.58. The molecule has 2 aromatic carbocycles. The normalized spacial score (nSPS) is 11.8. The van der Waals surface area contributed by atoms with Gasteiger partial charge in [0.2, 0.25) is 0 Å². The van der Waals surface area contributed by atoms with Gasteiger partial charge in [-0.3, -0.25) is 0 Å². The zero-order valence-electron chi connectivity index (χ0n) is 11.7. The summed E-state index contributed by atoms with van der Waals surface area (Å²) in [6.07, 6.45) is 0. The van der Waals surface area contributed by atoms with Crippen molar-refractivity contribution in [1.29, 1.82) is 0 Å². The highest BCUT2D eigenvalue weighted by Gasteiger charge is 2.13. The second kappa shape index (κ2) is 7.11. The summed E-state index contributed by atoms with van der Waals surface area (Å²) in [4.78, 5) is 11.7. The van der Waals surface area contributed by atoms with Crippen LogP contribution in [0.2, 0.25) is 5.02 Å². The molecular formula is C16H17ClN2O2. The van der Waals surface area contributed by atoms with E-state index in [1.54, 1.807) is 18.2 Å². The van der Waals surface area contributed by atoms with Crippen molar-refractivity contribution in [3.63, 3.8) is 0 Å². The van der Waals surface area contributed by atoms with E-state index in [1.165, 1.54) is 7.11 Å². The fraction of sp³-hybridized carbons (Fsp3) is 0.188. The van der Waals surface area contributed by atoms with E-state index in [-0.39, 0.29) is 6.04 Å². The van der Waals surface area contributed by atoms with E-state index in [4.69, 9.17) is 22.1 Å². The standard InChI is InChI=1S/C16H17ClN2O2/c1-21-16(20)13-9-12(17)7-8-15(13)19-10-14(18)11-5-3-2-4-6-11/h2-9,14,19H,10,18H2,1H3/t14-/m0/s1. The maximum atomic E-state index is 11.7. The fourth-order valence-electron chi connectivity index (χ4n) is 1.99. The molecule has 0 aliphatic heterocycles. The van der Waals surface area contributed by atoms with Crippen molar-refractivity contribution in [1.82, 2.24) is 0 Å². The number of halogens is 1. The molecule has 5 heteroatoms. The Labute approximate surface area is 128 Å².